The zero-order chi connectivity index (χ0) is 37.7. The fourth-order valence-electron chi connectivity index (χ4n) is 6.82. The molecule has 1 heterocycles. The summed E-state index contributed by atoms with van der Waals surface area (Å²) in [5.41, 5.74) is 16.1. The maximum absolute atomic E-state index is 2.33. The molecule has 0 unspecified atom stereocenters. The van der Waals surface area contributed by atoms with E-state index in [1.54, 1.807) is 0 Å². The first-order valence-corrected chi connectivity index (χ1v) is 19.2. The number of rotatable bonds is 2. The van der Waals surface area contributed by atoms with E-state index in [0.717, 1.165) is 0 Å². The van der Waals surface area contributed by atoms with E-state index in [4.69, 9.17) is 0 Å². The number of nitrogens with zero attached hydrogens (tertiary/aromatic N) is 1. The van der Waals surface area contributed by atoms with Crippen molar-refractivity contribution in [3.05, 3.63) is 156 Å². The fourth-order valence-corrected chi connectivity index (χ4v) is 6.82. The summed E-state index contributed by atoms with van der Waals surface area (Å²) in [6.07, 6.45) is 0. The summed E-state index contributed by atoms with van der Waals surface area (Å²) in [5.74, 6) is 0. The minimum absolute atomic E-state index is 0.0760. The largest absolute Gasteiger partial charge is 0.344 e. The van der Waals surface area contributed by atoms with Gasteiger partial charge in [-0.15, -0.1) is 0 Å². The number of benzene rings is 6. The fraction of sp³-hybridized carbons (Fsp3) is 0.280. The van der Waals surface area contributed by atoms with Gasteiger partial charge in [0.2, 0.25) is 0 Å². The van der Waals surface area contributed by atoms with Crippen LogP contribution in [0.1, 0.15) is 91.5 Å². The third kappa shape index (κ3) is 8.37. The molecule has 1 aliphatic rings. The van der Waals surface area contributed by atoms with Crippen molar-refractivity contribution < 1.29 is 0 Å². The lowest BCUT2D eigenvalue weighted by molar-refractivity contribution is 0.660. The van der Waals surface area contributed by atoms with E-state index in [1.807, 2.05) is 55.4 Å². The van der Waals surface area contributed by atoms with Crippen molar-refractivity contribution in [1.29, 1.82) is 0 Å². The molecule has 51 heavy (non-hydrogen) atoms. The van der Waals surface area contributed by atoms with Crippen LogP contribution in [0.2, 0.25) is 0 Å². The molecule has 0 amide bonds. The lowest BCUT2D eigenvalue weighted by Crippen LogP contribution is -2.14. The topological polar surface area (TPSA) is 4.93 Å². The van der Waals surface area contributed by atoms with E-state index in [0.29, 0.717) is 0 Å². The molecule has 6 aromatic carbocycles. The van der Waals surface area contributed by atoms with Crippen molar-refractivity contribution in [3.63, 3.8) is 0 Å². The summed E-state index contributed by atoms with van der Waals surface area (Å²) < 4.78 is 2.27. The molecule has 0 spiro atoms. The number of aryl methyl sites for hydroxylation is 3. The Hall–Kier alpha value is -4.88. The van der Waals surface area contributed by atoms with Gasteiger partial charge in [0.25, 0.3) is 0 Å². The quantitative estimate of drug-likeness (QED) is 0.172. The highest BCUT2D eigenvalue weighted by atomic mass is 14.9. The lowest BCUT2D eigenvalue weighted by atomic mass is 9.82. The number of hydrogen-bond donors (Lipinski definition) is 0. The first-order valence-electron chi connectivity index (χ1n) is 19.2. The van der Waals surface area contributed by atoms with Crippen LogP contribution < -0.4 is 0 Å². The Bertz CT molecular complexity index is 2100. The molecule has 8 rings (SSSR count). The Morgan fingerprint density at radius 3 is 1.51 bits per heavy atom. The monoisotopic (exact) mass is 675 g/mol. The summed E-state index contributed by atoms with van der Waals surface area (Å²) in [6.45, 7) is 24.9. The molecule has 1 aliphatic carbocycles. The van der Waals surface area contributed by atoms with Crippen molar-refractivity contribution in [1.82, 2.24) is 4.57 Å². The van der Waals surface area contributed by atoms with E-state index in [2.05, 4.69) is 173 Å². The van der Waals surface area contributed by atoms with Gasteiger partial charge >= 0.3 is 0 Å². The average molecular weight is 676 g/mol. The van der Waals surface area contributed by atoms with Crippen molar-refractivity contribution in [2.24, 2.45) is 7.05 Å². The molecule has 0 atom stereocenters. The van der Waals surface area contributed by atoms with Crippen LogP contribution in [-0.2, 0) is 12.5 Å². The predicted octanol–water partition coefficient (Wildman–Crippen LogP) is 15.4. The summed E-state index contributed by atoms with van der Waals surface area (Å²) in [7, 11) is 2.14. The van der Waals surface area contributed by atoms with Crippen LogP contribution in [-0.4, -0.2) is 4.57 Å². The Morgan fingerprint density at radius 1 is 0.412 bits per heavy atom. The number of para-hydroxylation sites is 1. The smallest absolute Gasteiger partial charge is 0.0489 e. The van der Waals surface area contributed by atoms with Gasteiger partial charge in [0.05, 0.1) is 0 Å². The van der Waals surface area contributed by atoms with Gasteiger partial charge in [-0.25, -0.2) is 0 Å². The van der Waals surface area contributed by atoms with Gasteiger partial charge in [0.1, 0.15) is 0 Å². The van der Waals surface area contributed by atoms with Crippen molar-refractivity contribution >= 4 is 21.8 Å². The molecule has 1 aromatic heterocycles. The highest BCUT2D eigenvalue weighted by Gasteiger charge is 2.36. The minimum atomic E-state index is 0.0760. The van der Waals surface area contributed by atoms with Gasteiger partial charge in [-0.3, -0.25) is 0 Å². The van der Waals surface area contributed by atoms with Gasteiger partial charge in [-0.05, 0) is 76.6 Å². The Morgan fingerprint density at radius 2 is 0.882 bits per heavy atom. The van der Waals surface area contributed by atoms with Crippen molar-refractivity contribution in [3.8, 4) is 33.4 Å². The van der Waals surface area contributed by atoms with Crippen LogP contribution in [0.25, 0.3) is 55.2 Å². The zero-order valence-corrected chi connectivity index (χ0v) is 33.6. The molecule has 266 valence electrons. The van der Waals surface area contributed by atoms with E-state index >= 15 is 0 Å². The highest BCUT2D eigenvalue weighted by molar-refractivity contribution is 6.09. The molecule has 0 radical (unpaired) electrons. The maximum Gasteiger partial charge on any atom is 0.0489 e. The van der Waals surface area contributed by atoms with Gasteiger partial charge < -0.3 is 4.57 Å². The van der Waals surface area contributed by atoms with Crippen LogP contribution >= 0.6 is 0 Å². The molecule has 1 nitrogen and oxygen atoms in total. The third-order valence-electron chi connectivity index (χ3n) is 9.27. The third-order valence-corrected chi connectivity index (χ3v) is 9.27. The SMILES string of the molecule is CC.CC.CC.CC.Cc1ccc(-c2ccc3c(c2)c2ccccc2n3C)cc1.Cc1ccc(-c2cccc3c2-c2ccccc2C3(C)C)cc1. The molecule has 0 saturated carbocycles. The number of fused-ring (bicyclic) bond motifs is 6. The summed E-state index contributed by atoms with van der Waals surface area (Å²) >= 11 is 0. The summed E-state index contributed by atoms with van der Waals surface area (Å²) in [6, 6.07) is 48.5. The second-order valence-electron chi connectivity index (χ2n) is 12.4. The Labute approximate surface area is 310 Å². The molecule has 0 N–H and O–H groups in total. The average Bonchev–Trinajstić information content (AvgIpc) is 3.62. The second-order valence-corrected chi connectivity index (χ2v) is 12.4. The van der Waals surface area contributed by atoms with E-state index in [1.165, 1.54) is 77.4 Å². The van der Waals surface area contributed by atoms with Crippen LogP contribution in [0.4, 0.5) is 0 Å². The molecule has 0 saturated heterocycles. The van der Waals surface area contributed by atoms with E-state index < -0.39 is 0 Å². The summed E-state index contributed by atoms with van der Waals surface area (Å²) in [4.78, 5) is 0. The predicted molar refractivity (Wildman–Crippen MR) is 230 cm³/mol. The van der Waals surface area contributed by atoms with Gasteiger partial charge in [0, 0.05) is 34.3 Å². The summed E-state index contributed by atoms with van der Waals surface area (Å²) in [5, 5.41) is 2.65. The molecular formula is C50H61N. The van der Waals surface area contributed by atoms with Crippen LogP contribution in [0.15, 0.2) is 133 Å². The Kier molecular flexibility index (Phi) is 15.0. The maximum atomic E-state index is 2.33. The number of aromatic nitrogens is 1. The second kappa shape index (κ2) is 18.9. The van der Waals surface area contributed by atoms with Gasteiger partial charge in [0.15, 0.2) is 0 Å². The van der Waals surface area contributed by atoms with Gasteiger partial charge in [-0.1, -0.05) is 196 Å². The van der Waals surface area contributed by atoms with E-state index in [-0.39, 0.29) is 5.41 Å². The van der Waals surface area contributed by atoms with Crippen molar-refractivity contribution in [2.75, 3.05) is 0 Å². The molecule has 0 fully saturated rings. The molecular weight excluding hydrogens is 615 g/mol. The minimum Gasteiger partial charge on any atom is -0.344 e. The number of hydrogen-bond acceptors (Lipinski definition) is 0. The molecule has 1 heteroatoms. The molecule has 0 bridgehead atoms. The van der Waals surface area contributed by atoms with Gasteiger partial charge in [-0.2, -0.15) is 0 Å². The van der Waals surface area contributed by atoms with Crippen LogP contribution in [0, 0.1) is 13.8 Å². The molecule has 7 aromatic rings. The van der Waals surface area contributed by atoms with E-state index in [9.17, 15) is 0 Å². The standard InChI is InChI=1S/C22H20.C20H17N.4C2H6/c1-15-11-13-16(14-12-15)17-8-6-10-20-21(17)18-7-4-5-9-19(18)22(20,2)3;1-14-7-9-15(10-8-14)16-11-12-20-18(13-16)17-5-3-4-6-19(17)21(20)2;4*1-2/h4-14H,1-3H3;3-13H,1-2H3;4*1-2H3. The van der Waals surface area contributed by atoms with Crippen LogP contribution in [0.3, 0.4) is 0 Å². The molecule has 0 aliphatic heterocycles. The highest BCUT2D eigenvalue weighted by Crippen LogP contribution is 2.51. The Balaban J connectivity index is 0.000000231. The lowest BCUT2D eigenvalue weighted by Gasteiger charge is -2.21. The first kappa shape index (κ1) is 40.5. The first-order chi connectivity index (χ1) is 24.8. The van der Waals surface area contributed by atoms with Crippen LogP contribution in [0.5, 0.6) is 0 Å². The normalized spacial score (nSPS) is 11.4. The zero-order valence-electron chi connectivity index (χ0n) is 33.6. The van der Waals surface area contributed by atoms with Crippen molar-refractivity contribution in [2.45, 2.75) is 88.5 Å².